The molecule has 0 saturated carbocycles. The molecule has 5 rings (SSSR count). The van der Waals surface area contributed by atoms with Crippen LogP contribution in [0.4, 0.5) is 0 Å². The summed E-state index contributed by atoms with van der Waals surface area (Å²) < 4.78 is 0. The molecule has 28 heavy (non-hydrogen) atoms. The number of nitrogens with zero attached hydrogens (tertiary/aromatic N) is 2. The Bertz CT molecular complexity index is 1110. The zero-order valence-corrected chi connectivity index (χ0v) is 16.6. The molecule has 4 heteroatoms. The van der Waals surface area contributed by atoms with Crippen molar-refractivity contribution in [3.63, 3.8) is 0 Å². The summed E-state index contributed by atoms with van der Waals surface area (Å²) in [7, 11) is 0. The third-order valence-electron chi connectivity index (χ3n) is 4.57. The number of thiophene rings is 2. The second-order valence-electron chi connectivity index (χ2n) is 6.38. The molecule has 134 valence electrons. The van der Waals surface area contributed by atoms with Gasteiger partial charge in [-0.25, -0.2) is 0 Å². The molecule has 5 aromatic rings. The van der Waals surface area contributed by atoms with Crippen LogP contribution in [-0.4, -0.2) is 9.97 Å². The molecule has 0 aliphatic carbocycles. The van der Waals surface area contributed by atoms with Gasteiger partial charge < -0.3 is 0 Å². The average molecular weight is 397 g/mol. The monoisotopic (exact) mass is 396 g/mol. The average Bonchev–Trinajstić information content (AvgIpc) is 3.46. The van der Waals surface area contributed by atoms with Crippen LogP contribution in [0.2, 0.25) is 0 Å². The molecule has 0 N–H and O–H groups in total. The van der Waals surface area contributed by atoms with Crippen molar-refractivity contribution in [3.8, 4) is 41.8 Å². The SMILES string of the molecule is c1cc(-c2ccc(-c3ccncc3)s2)cc(-c2ccc(-c3ccncc3)s2)c1. The first-order valence-corrected chi connectivity index (χ1v) is 10.6. The molecule has 4 aromatic heterocycles. The van der Waals surface area contributed by atoms with Crippen molar-refractivity contribution in [2.75, 3.05) is 0 Å². The van der Waals surface area contributed by atoms with E-state index in [-0.39, 0.29) is 0 Å². The maximum Gasteiger partial charge on any atom is 0.0350 e. The van der Waals surface area contributed by atoms with Crippen LogP contribution in [-0.2, 0) is 0 Å². The Balaban J connectivity index is 1.46. The van der Waals surface area contributed by atoms with Gasteiger partial charge in [-0.15, -0.1) is 22.7 Å². The fourth-order valence-electron chi connectivity index (χ4n) is 3.15. The lowest BCUT2D eigenvalue weighted by atomic mass is 10.1. The van der Waals surface area contributed by atoms with Gasteiger partial charge in [0.15, 0.2) is 0 Å². The Morgan fingerprint density at radius 3 is 1.25 bits per heavy atom. The molecule has 1 aromatic carbocycles. The predicted molar refractivity (Wildman–Crippen MR) is 120 cm³/mol. The number of hydrogen-bond acceptors (Lipinski definition) is 4. The van der Waals surface area contributed by atoms with Crippen LogP contribution in [0.1, 0.15) is 0 Å². The maximum absolute atomic E-state index is 4.11. The van der Waals surface area contributed by atoms with Crippen LogP contribution in [0.3, 0.4) is 0 Å². The van der Waals surface area contributed by atoms with E-state index in [0.717, 1.165) is 0 Å². The minimum atomic E-state index is 1.21. The van der Waals surface area contributed by atoms with E-state index in [1.807, 2.05) is 47.5 Å². The summed E-state index contributed by atoms with van der Waals surface area (Å²) in [6.07, 6.45) is 7.36. The van der Waals surface area contributed by atoms with Crippen molar-refractivity contribution < 1.29 is 0 Å². The lowest BCUT2D eigenvalue weighted by Crippen LogP contribution is -1.75. The van der Waals surface area contributed by atoms with E-state index < -0.39 is 0 Å². The molecule has 4 heterocycles. The quantitative estimate of drug-likeness (QED) is 0.319. The molecular weight excluding hydrogens is 380 g/mol. The molecular formula is C24H16N2S2. The molecule has 0 spiro atoms. The van der Waals surface area contributed by atoms with Crippen molar-refractivity contribution in [2.45, 2.75) is 0 Å². The molecule has 0 fully saturated rings. The van der Waals surface area contributed by atoms with Crippen molar-refractivity contribution in [1.82, 2.24) is 9.97 Å². The lowest BCUT2D eigenvalue weighted by molar-refractivity contribution is 1.33. The largest absolute Gasteiger partial charge is 0.265 e. The molecule has 0 aliphatic rings. The van der Waals surface area contributed by atoms with Gasteiger partial charge >= 0.3 is 0 Å². The predicted octanol–water partition coefficient (Wildman–Crippen LogP) is 7.27. The topological polar surface area (TPSA) is 25.8 Å². The second-order valence-corrected chi connectivity index (χ2v) is 8.55. The standard InChI is InChI=1S/C24H16N2S2/c1-2-19(23-6-4-21(27-23)17-8-12-25-13-9-17)16-20(3-1)24-7-5-22(28-24)18-10-14-26-15-11-18/h1-16H. The minimum Gasteiger partial charge on any atom is -0.265 e. The smallest absolute Gasteiger partial charge is 0.0350 e. The molecule has 0 aliphatic heterocycles. The summed E-state index contributed by atoms with van der Waals surface area (Å²) in [6, 6.07) is 25.8. The van der Waals surface area contributed by atoms with E-state index in [4.69, 9.17) is 0 Å². The molecule has 0 bridgehead atoms. The van der Waals surface area contributed by atoms with Crippen molar-refractivity contribution in [1.29, 1.82) is 0 Å². The highest BCUT2D eigenvalue weighted by Gasteiger charge is 2.09. The number of rotatable bonds is 4. The molecule has 0 unspecified atom stereocenters. The summed E-state index contributed by atoms with van der Waals surface area (Å²) in [5, 5.41) is 0. The molecule has 0 saturated heterocycles. The van der Waals surface area contributed by atoms with Gasteiger partial charge in [-0.1, -0.05) is 18.2 Å². The summed E-state index contributed by atoms with van der Waals surface area (Å²) in [4.78, 5) is 13.3. The highest BCUT2D eigenvalue weighted by Crippen LogP contribution is 2.38. The van der Waals surface area contributed by atoms with Gasteiger partial charge in [-0.3, -0.25) is 9.97 Å². The van der Waals surface area contributed by atoms with Gasteiger partial charge in [0, 0.05) is 44.3 Å². The second kappa shape index (κ2) is 7.50. The molecule has 0 amide bonds. The van der Waals surface area contributed by atoms with Crippen molar-refractivity contribution in [3.05, 3.63) is 97.6 Å². The Kier molecular flexibility index (Phi) is 4.57. The van der Waals surface area contributed by atoms with Crippen LogP contribution in [0.25, 0.3) is 41.8 Å². The Labute approximate surface area is 171 Å². The van der Waals surface area contributed by atoms with Gasteiger partial charge in [0.2, 0.25) is 0 Å². The van der Waals surface area contributed by atoms with Crippen LogP contribution in [0.5, 0.6) is 0 Å². The van der Waals surface area contributed by atoms with E-state index in [0.29, 0.717) is 0 Å². The van der Waals surface area contributed by atoms with E-state index in [9.17, 15) is 0 Å². The maximum atomic E-state index is 4.11. The fraction of sp³-hybridized carbons (Fsp3) is 0. The van der Waals surface area contributed by atoms with E-state index in [1.165, 1.54) is 41.8 Å². The summed E-state index contributed by atoms with van der Waals surface area (Å²) in [6.45, 7) is 0. The van der Waals surface area contributed by atoms with E-state index in [1.54, 1.807) is 0 Å². The van der Waals surface area contributed by atoms with Gasteiger partial charge in [-0.05, 0) is 76.9 Å². The van der Waals surface area contributed by atoms with Crippen LogP contribution in [0, 0.1) is 0 Å². The minimum absolute atomic E-state index is 1.21. The van der Waals surface area contributed by atoms with E-state index >= 15 is 0 Å². The molecule has 0 radical (unpaired) electrons. The van der Waals surface area contributed by atoms with Gasteiger partial charge in [0.1, 0.15) is 0 Å². The van der Waals surface area contributed by atoms with Crippen LogP contribution < -0.4 is 0 Å². The van der Waals surface area contributed by atoms with Crippen LogP contribution in [0.15, 0.2) is 97.6 Å². The van der Waals surface area contributed by atoms with Gasteiger partial charge in [-0.2, -0.15) is 0 Å². The summed E-state index contributed by atoms with van der Waals surface area (Å²) in [5.41, 5.74) is 4.92. The van der Waals surface area contributed by atoms with Gasteiger partial charge in [0.25, 0.3) is 0 Å². The number of benzene rings is 1. The zero-order valence-electron chi connectivity index (χ0n) is 14.9. The number of hydrogen-bond donors (Lipinski definition) is 0. The first-order chi connectivity index (χ1) is 13.9. The zero-order chi connectivity index (χ0) is 18.8. The van der Waals surface area contributed by atoms with Crippen molar-refractivity contribution in [2.24, 2.45) is 0 Å². The third kappa shape index (κ3) is 3.40. The van der Waals surface area contributed by atoms with Crippen molar-refractivity contribution >= 4 is 22.7 Å². The number of pyridine rings is 2. The Hall–Kier alpha value is -3.08. The Morgan fingerprint density at radius 1 is 0.429 bits per heavy atom. The van der Waals surface area contributed by atoms with E-state index in [2.05, 4.69) is 82.8 Å². The van der Waals surface area contributed by atoms with Gasteiger partial charge in [0.05, 0.1) is 0 Å². The molecule has 2 nitrogen and oxygen atoms in total. The normalized spacial score (nSPS) is 10.9. The molecule has 0 atom stereocenters. The Morgan fingerprint density at radius 2 is 0.821 bits per heavy atom. The fourth-order valence-corrected chi connectivity index (χ4v) is 5.17. The highest BCUT2D eigenvalue weighted by molar-refractivity contribution is 7.19. The first kappa shape index (κ1) is 17.0. The highest BCUT2D eigenvalue weighted by atomic mass is 32.1. The summed E-state index contributed by atoms with van der Waals surface area (Å²) >= 11 is 3.63. The van der Waals surface area contributed by atoms with Crippen LogP contribution >= 0.6 is 22.7 Å². The lowest BCUT2D eigenvalue weighted by Gasteiger charge is -2.02. The number of aromatic nitrogens is 2. The summed E-state index contributed by atoms with van der Waals surface area (Å²) in [5.74, 6) is 0. The third-order valence-corrected chi connectivity index (χ3v) is 6.94. The first-order valence-electron chi connectivity index (χ1n) is 8.98.